The molecule has 6 heteroatoms. The van der Waals surface area contributed by atoms with Gasteiger partial charge < -0.3 is 19.8 Å². The molecule has 0 aliphatic carbocycles. The second-order valence-corrected chi connectivity index (χ2v) is 5.97. The van der Waals surface area contributed by atoms with Gasteiger partial charge >= 0.3 is 11.9 Å². The largest absolute Gasteiger partial charge is 0.481 e. The fourth-order valence-electron chi connectivity index (χ4n) is 2.27. The van der Waals surface area contributed by atoms with Gasteiger partial charge in [0, 0.05) is 44.2 Å². The fourth-order valence-corrected chi connectivity index (χ4v) is 2.27. The van der Waals surface area contributed by atoms with Crippen molar-refractivity contribution in [3.8, 4) is 0 Å². The topological polar surface area (TPSA) is 95.3 Å². The molecule has 0 spiro atoms. The van der Waals surface area contributed by atoms with Crippen molar-refractivity contribution in [2.24, 2.45) is 5.92 Å². The molecule has 24 heavy (non-hydrogen) atoms. The number of aromatic nitrogens is 2. The van der Waals surface area contributed by atoms with Crippen molar-refractivity contribution < 1.29 is 19.8 Å². The van der Waals surface area contributed by atoms with Crippen LogP contribution >= 0.6 is 0 Å². The zero-order chi connectivity index (χ0) is 17.9. The third-order valence-corrected chi connectivity index (χ3v) is 3.74. The van der Waals surface area contributed by atoms with E-state index >= 15 is 0 Å². The molecule has 2 aromatic rings. The number of carboxylic acid groups (broad SMARTS) is 2. The van der Waals surface area contributed by atoms with Gasteiger partial charge in [0.1, 0.15) is 0 Å². The van der Waals surface area contributed by atoms with Gasteiger partial charge in [-0.15, -0.1) is 0 Å². The molecule has 0 radical (unpaired) electrons. The minimum atomic E-state index is -0.745. The molecular formula is C18H26N2O4. The Morgan fingerprint density at radius 1 is 1.17 bits per heavy atom. The van der Waals surface area contributed by atoms with E-state index in [1.807, 2.05) is 50.8 Å². The maximum absolute atomic E-state index is 10.4. The van der Waals surface area contributed by atoms with Crippen LogP contribution in [-0.4, -0.2) is 31.7 Å². The van der Waals surface area contributed by atoms with Crippen LogP contribution in [0, 0.1) is 12.8 Å². The molecule has 0 saturated carbocycles. The summed E-state index contributed by atoms with van der Waals surface area (Å²) in [6.07, 6.45) is 9.71. The highest BCUT2D eigenvalue weighted by Gasteiger charge is 2.06. The first-order valence-electron chi connectivity index (χ1n) is 8.05. The Kier molecular flexibility index (Phi) is 8.39. The van der Waals surface area contributed by atoms with Crippen LogP contribution in [-0.2, 0) is 22.6 Å². The van der Waals surface area contributed by atoms with Crippen molar-refractivity contribution in [1.82, 2.24) is 9.55 Å². The number of hydrogen-bond donors (Lipinski definition) is 3. The predicted octanol–water partition coefficient (Wildman–Crippen LogP) is 3.33. The second kappa shape index (κ2) is 10.3. The van der Waals surface area contributed by atoms with Crippen molar-refractivity contribution in [2.45, 2.75) is 46.1 Å². The van der Waals surface area contributed by atoms with Gasteiger partial charge in [-0.1, -0.05) is 6.92 Å². The van der Waals surface area contributed by atoms with Crippen LogP contribution in [0.5, 0.6) is 0 Å². The minimum absolute atomic E-state index is 0.207. The van der Waals surface area contributed by atoms with Crippen LogP contribution in [0.25, 0.3) is 0 Å². The van der Waals surface area contributed by atoms with Gasteiger partial charge in [0.15, 0.2) is 0 Å². The zero-order valence-corrected chi connectivity index (χ0v) is 14.2. The van der Waals surface area contributed by atoms with E-state index in [0.29, 0.717) is 6.42 Å². The molecule has 0 fully saturated rings. The number of nitrogens with one attached hydrogen (secondary N) is 1. The van der Waals surface area contributed by atoms with Crippen LogP contribution in [0.15, 0.2) is 36.9 Å². The molecule has 0 aliphatic rings. The summed E-state index contributed by atoms with van der Waals surface area (Å²) < 4.78 is 2.07. The van der Waals surface area contributed by atoms with Crippen LogP contribution in [0.1, 0.15) is 37.3 Å². The summed E-state index contributed by atoms with van der Waals surface area (Å²) >= 11 is 0. The van der Waals surface area contributed by atoms with Gasteiger partial charge in [-0.25, -0.2) is 0 Å². The number of carboxylic acids is 2. The standard InChI is InChI=1S/C10H15NO2.C8H11NO2/c1-9(8-10(12)13)4-7-11-5-2-3-6-11;1-6-4-9-5-7(6)2-3-8(10)11/h2-3,5-6,9H,4,7-8H2,1H3,(H,12,13);4-5,9H,2-3H2,1H3,(H,10,11). The molecule has 132 valence electrons. The summed E-state index contributed by atoms with van der Waals surface area (Å²) in [5.74, 6) is -1.20. The molecule has 0 amide bonds. The van der Waals surface area contributed by atoms with E-state index < -0.39 is 11.9 Å². The van der Waals surface area contributed by atoms with E-state index in [2.05, 4.69) is 9.55 Å². The van der Waals surface area contributed by atoms with Gasteiger partial charge in [0.05, 0.1) is 0 Å². The average molecular weight is 334 g/mol. The molecule has 6 nitrogen and oxygen atoms in total. The monoisotopic (exact) mass is 334 g/mol. The number of aliphatic carboxylic acids is 2. The third-order valence-electron chi connectivity index (χ3n) is 3.74. The Morgan fingerprint density at radius 3 is 2.33 bits per heavy atom. The molecule has 2 rings (SSSR count). The van der Waals surface area contributed by atoms with E-state index in [-0.39, 0.29) is 18.8 Å². The Morgan fingerprint density at radius 2 is 1.83 bits per heavy atom. The molecule has 1 unspecified atom stereocenters. The van der Waals surface area contributed by atoms with Crippen molar-refractivity contribution >= 4 is 11.9 Å². The van der Waals surface area contributed by atoms with Gasteiger partial charge in [0.2, 0.25) is 0 Å². The van der Waals surface area contributed by atoms with Crippen molar-refractivity contribution in [3.63, 3.8) is 0 Å². The van der Waals surface area contributed by atoms with Crippen molar-refractivity contribution in [3.05, 3.63) is 48.0 Å². The molecule has 2 aromatic heterocycles. The molecule has 0 bridgehead atoms. The molecular weight excluding hydrogens is 308 g/mol. The quantitative estimate of drug-likeness (QED) is 0.690. The van der Waals surface area contributed by atoms with Crippen molar-refractivity contribution in [2.75, 3.05) is 0 Å². The van der Waals surface area contributed by atoms with E-state index in [9.17, 15) is 9.59 Å². The Bertz CT molecular complexity index is 617. The summed E-state index contributed by atoms with van der Waals surface area (Å²) in [4.78, 5) is 23.5. The first-order chi connectivity index (χ1) is 11.4. The van der Waals surface area contributed by atoms with Gasteiger partial charge in [-0.2, -0.15) is 0 Å². The van der Waals surface area contributed by atoms with E-state index in [1.165, 1.54) is 0 Å². The minimum Gasteiger partial charge on any atom is -0.481 e. The van der Waals surface area contributed by atoms with E-state index in [1.54, 1.807) is 0 Å². The Labute approximate surface area is 142 Å². The number of rotatable bonds is 8. The number of H-pyrrole nitrogens is 1. The highest BCUT2D eigenvalue weighted by atomic mass is 16.4. The summed E-state index contributed by atoms with van der Waals surface area (Å²) in [6, 6.07) is 3.95. The lowest BCUT2D eigenvalue weighted by Crippen LogP contribution is -2.07. The number of carbonyl (C=O) groups is 2. The number of aryl methyl sites for hydroxylation is 3. The lowest BCUT2D eigenvalue weighted by Gasteiger charge is -2.08. The molecule has 1 atom stereocenters. The first-order valence-corrected chi connectivity index (χ1v) is 8.05. The molecule has 2 heterocycles. The normalized spacial score (nSPS) is 11.4. The molecule has 0 aromatic carbocycles. The maximum Gasteiger partial charge on any atom is 0.303 e. The predicted molar refractivity (Wildman–Crippen MR) is 92.0 cm³/mol. The lowest BCUT2D eigenvalue weighted by atomic mass is 10.0. The van der Waals surface area contributed by atoms with Crippen LogP contribution in [0.3, 0.4) is 0 Å². The Hall–Kier alpha value is -2.50. The van der Waals surface area contributed by atoms with E-state index in [0.717, 1.165) is 24.1 Å². The first kappa shape index (κ1) is 19.5. The number of hydrogen-bond acceptors (Lipinski definition) is 2. The molecule has 0 aliphatic heterocycles. The highest BCUT2D eigenvalue weighted by molar-refractivity contribution is 5.67. The van der Waals surface area contributed by atoms with E-state index in [4.69, 9.17) is 10.2 Å². The third kappa shape index (κ3) is 8.22. The maximum atomic E-state index is 10.4. The lowest BCUT2D eigenvalue weighted by molar-refractivity contribution is -0.138. The second-order valence-electron chi connectivity index (χ2n) is 5.97. The SMILES string of the molecule is CC(CCn1cccc1)CC(=O)O.Cc1c[nH]cc1CCC(=O)O. The summed E-state index contributed by atoms with van der Waals surface area (Å²) in [7, 11) is 0. The molecule has 3 N–H and O–H groups in total. The number of nitrogens with zero attached hydrogens (tertiary/aromatic N) is 1. The summed E-state index contributed by atoms with van der Waals surface area (Å²) in [5, 5.41) is 16.9. The van der Waals surface area contributed by atoms with Gasteiger partial charge in [0.25, 0.3) is 0 Å². The van der Waals surface area contributed by atoms with Crippen LogP contribution in [0.2, 0.25) is 0 Å². The smallest absolute Gasteiger partial charge is 0.303 e. The fraction of sp³-hybridized carbons (Fsp3) is 0.444. The number of aromatic amines is 1. The van der Waals surface area contributed by atoms with Gasteiger partial charge in [-0.05, 0) is 48.9 Å². The van der Waals surface area contributed by atoms with Crippen molar-refractivity contribution in [1.29, 1.82) is 0 Å². The molecule has 0 saturated heterocycles. The summed E-state index contributed by atoms with van der Waals surface area (Å²) in [5.41, 5.74) is 2.22. The zero-order valence-electron chi connectivity index (χ0n) is 14.2. The Balaban J connectivity index is 0.000000243. The van der Waals surface area contributed by atoms with Crippen LogP contribution < -0.4 is 0 Å². The van der Waals surface area contributed by atoms with Gasteiger partial charge in [-0.3, -0.25) is 9.59 Å². The summed E-state index contributed by atoms with van der Waals surface area (Å²) in [6.45, 7) is 4.84. The highest BCUT2D eigenvalue weighted by Crippen LogP contribution is 2.09. The van der Waals surface area contributed by atoms with Crippen LogP contribution in [0.4, 0.5) is 0 Å². The average Bonchev–Trinajstić information content (AvgIpc) is 3.14.